The summed E-state index contributed by atoms with van der Waals surface area (Å²) in [4.78, 5) is 0. The Morgan fingerprint density at radius 3 is 1.39 bits per heavy atom. The molecule has 0 aliphatic heterocycles. The van der Waals surface area contributed by atoms with Gasteiger partial charge in [-0.2, -0.15) is 16.8 Å². The summed E-state index contributed by atoms with van der Waals surface area (Å²) < 4.78 is 53.1. The number of terminal acetylenes is 2. The number of unbranched alkanes of at least 4 members (excludes halogenated alkanes) is 1. The van der Waals surface area contributed by atoms with Gasteiger partial charge in [0.05, 0.1) is 13.2 Å². The first-order valence-corrected chi connectivity index (χ1v) is 8.09. The third-order valence-corrected chi connectivity index (χ3v) is 3.68. The molecule has 0 spiro atoms. The van der Waals surface area contributed by atoms with Gasteiger partial charge in [-0.05, 0) is 12.8 Å². The molecule has 102 valence electrons. The second-order valence-corrected chi connectivity index (χ2v) is 6.44. The van der Waals surface area contributed by atoms with Crippen LogP contribution in [0.5, 0.6) is 0 Å². The van der Waals surface area contributed by atoms with E-state index in [1.807, 2.05) is 11.8 Å². The first kappa shape index (κ1) is 16.9. The average molecular weight is 294 g/mol. The lowest BCUT2D eigenvalue weighted by Crippen LogP contribution is -2.12. The van der Waals surface area contributed by atoms with E-state index in [9.17, 15) is 16.8 Å². The Hall–Kier alpha value is -1.06. The van der Waals surface area contributed by atoms with Crippen LogP contribution in [0.3, 0.4) is 0 Å². The maximum Gasteiger partial charge on any atom is 0.278 e. The largest absolute Gasteiger partial charge is 0.278 e. The fourth-order valence-corrected chi connectivity index (χ4v) is 2.18. The van der Waals surface area contributed by atoms with Crippen molar-refractivity contribution in [3.05, 3.63) is 0 Å². The molecule has 0 aromatic heterocycles. The van der Waals surface area contributed by atoms with Gasteiger partial charge in [-0.25, -0.2) is 0 Å². The maximum absolute atomic E-state index is 11.0. The molecule has 0 aliphatic carbocycles. The van der Waals surface area contributed by atoms with E-state index in [1.54, 1.807) is 0 Å². The molecule has 0 bridgehead atoms. The Morgan fingerprint density at radius 2 is 1.11 bits per heavy atom. The van der Waals surface area contributed by atoms with Crippen LogP contribution in [0.1, 0.15) is 12.8 Å². The molecule has 0 amide bonds. The van der Waals surface area contributed by atoms with E-state index in [0.717, 1.165) is 0 Å². The lowest BCUT2D eigenvalue weighted by atomic mass is 10.3. The smallest absolute Gasteiger partial charge is 0.269 e. The Kier molecular flexibility index (Phi) is 7.64. The first-order chi connectivity index (χ1) is 8.33. The first-order valence-electron chi connectivity index (χ1n) is 4.94. The maximum atomic E-state index is 11.0. The van der Waals surface area contributed by atoms with E-state index >= 15 is 0 Å². The van der Waals surface area contributed by atoms with Crippen molar-refractivity contribution in [1.29, 1.82) is 0 Å². The van der Waals surface area contributed by atoms with Gasteiger partial charge in [0, 0.05) is 0 Å². The van der Waals surface area contributed by atoms with E-state index in [4.69, 9.17) is 12.8 Å². The second-order valence-electron chi connectivity index (χ2n) is 3.16. The van der Waals surface area contributed by atoms with Gasteiger partial charge < -0.3 is 0 Å². The molecule has 0 aromatic carbocycles. The summed E-state index contributed by atoms with van der Waals surface area (Å²) in [5, 5.41) is 0. The van der Waals surface area contributed by atoms with Gasteiger partial charge in [0.2, 0.25) is 0 Å². The zero-order valence-electron chi connectivity index (χ0n) is 9.66. The van der Waals surface area contributed by atoms with Crippen molar-refractivity contribution in [3.63, 3.8) is 0 Å². The summed E-state index contributed by atoms with van der Waals surface area (Å²) >= 11 is 0. The number of rotatable bonds is 9. The molecule has 0 unspecified atom stereocenters. The molecule has 0 saturated carbocycles. The topological polar surface area (TPSA) is 86.7 Å². The van der Waals surface area contributed by atoms with Crippen LogP contribution in [0.2, 0.25) is 0 Å². The van der Waals surface area contributed by atoms with Gasteiger partial charge in [-0.3, -0.25) is 8.37 Å². The van der Waals surface area contributed by atoms with Crippen molar-refractivity contribution in [2.24, 2.45) is 0 Å². The van der Waals surface area contributed by atoms with Crippen LogP contribution in [-0.4, -0.2) is 41.6 Å². The van der Waals surface area contributed by atoms with E-state index in [1.165, 1.54) is 0 Å². The zero-order valence-corrected chi connectivity index (χ0v) is 11.3. The Morgan fingerprint density at radius 1 is 0.778 bits per heavy atom. The van der Waals surface area contributed by atoms with Gasteiger partial charge in [-0.1, -0.05) is 11.8 Å². The van der Waals surface area contributed by atoms with Gasteiger partial charge in [0.1, 0.15) is 11.5 Å². The predicted molar refractivity (Wildman–Crippen MR) is 66.4 cm³/mol. The van der Waals surface area contributed by atoms with Gasteiger partial charge in [-0.15, -0.1) is 12.8 Å². The highest BCUT2D eigenvalue weighted by Gasteiger charge is 2.10. The predicted octanol–water partition coefficient (Wildman–Crippen LogP) is -0.274. The molecular weight excluding hydrogens is 280 g/mol. The molecule has 18 heavy (non-hydrogen) atoms. The fraction of sp³-hybridized carbons (Fsp3) is 0.600. The molecule has 8 heteroatoms. The molecule has 0 atom stereocenters. The van der Waals surface area contributed by atoms with Crippen molar-refractivity contribution in [2.75, 3.05) is 24.7 Å². The highest BCUT2D eigenvalue weighted by atomic mass is 32.2. The monoisotopic (exact) mass is 294 g/mol. The Bertz CT molecular complexity index is 468. The van der Waals surface area contributed by atoms with Crippen LogP contribution in [-0.2, 0) is 28.6 Å². The number of hydrogen-bond acceptors (Lipinski definition) is 6. The van der Waals surface area contributed by atoms with Crippen LogP contribution in [0.4, 0.5) is 0 Å². The van der Waals surface area contributed by atoms with E-state index < -0.39 is 31.7 Å². The molecule has 0 rings (SSSR count). The van der Waals surface area contributed by atoms with E-state index in [2.05, 4.69) is 8.37 Å². The van der Waals surface area contributed by atoms with Gasteiger partial charge >= 0.3 is 0 Å². The summed E-state index contributed by atoms with van der Waals surface area (Å²) in [6.07, 6.45) is 10.3. The minimum absolute atomic E-state index is 0.0669. The van der Waals surface area contributed by atoms with Gasteiger partial charge in [0.25, 0.3) is 20.2 Å². The molecule has 0 aromatic rings. The van der Waals surface area contributed by atoms with Crippen LogP contribution < -0.4 is 0 Å². The molecule has 6 nitrogen and oxygen atoms in total. The van der Waals surface area contributed by atoms with Crippen molar-refractivity contribution in [1.82, 2.24) is 0 Å². The minimum Gasteiger partial charge on any atom is -0.269 e. The summed E-state index contributed by atoms with van der Waals surface area (Å²) in [6.45, 7) is -0.134. The lowest BCUT2D eigenvalue weighted by molar-refractivity contribution is 0.272. The molecule has 0 fully saturated rings. The average Bonchev–Trinajstić information content (AvgIpc) is 2.22. The Balaban J connectivity index is 3.72. The molecule has 0 saturated heterocycles. The number of hydrogen-bond donors (Lipinski definition) is 0. The normalized spacial score (nSPS) is 11.7. The highest BCUT2D eigenvalue weighted by Crippen LogP contribution is 2.00. The standard InChI is InChI=1S/C10H14O6S2/c1-3-9-17(11,12)15-7-5-6-8-16-18(13,14)10-4-2/h1-2H,5-10H2. The van der Waals surface area contributed by atoms with Gasteiger partial charge in [0.15, 0.2) is 0 Å². The van der Waals surface area contributed by atoms with Crippen LogP contribution >= 0.6 is 0 Å². The fourth-order valence-electron chi connectivity index (χ4n) is 0.863. The van der Waals surface area contributed by atoms with Crippen molar-refractivity contribution >= 4 is 20.2 Å². The molecular formula is C10H14O6S2. The van der Waals surface area contributed by atoms with E-state index in [0.29, 0.717) is 12.8 Å². The van der Waals surface area contributed by atoms with E-state index in [-0.39, 0.29) is 13.2 Å². The molecule has 0 aliphatic rings. The third-order valence-electron chi connectivity index (χ3n) is 1.58. The lowest BCUT2D eigenvalue weighted by Gasteiger charge is -2.04. The van der Waals surface area contributed by atoms with Crippen molar-refractivity contribution < 1.29 is 25.2 Å². The molecule has 0 radical (unpaired) electrons. The molecule has 0 N–H and O–H groups in total. The van der Waals surface area contributed by atoms with Crippen LogP contribution in [0.25, 0.3) is 0 Å². The third kappa shape index (κ3) is 9.02. The van der Waals surface area contributed by atoms with Crippen molar-refractivity contribution in [2.45, 2.75) is 12.8 Å². The second kappa shape index (κ2) is 8.11. The van der Waals surface area contributed by atoms with Crippen molar-refractivity contribution in [3.8, 4) is 24.7 Å². The zero-order chi connectivity index (χ0) is 14.1. The highest BCUT2D eigenvalue weighted by molar-refractivity contribution is 7.87. The van der Waals surface area contributed by atoms with Crippen LogP contribution in [0.15, 0.2) is 0 Å². The molecule has 0 heterocycles. The quantitative estimate of drug-likeness (QED) is 0.330. The Labute approximate surface area is 108 Å². The van der Waals surface area contributed by atoms with Crippen LogP contribution in [0, 0.1) is 24.7 Å². The minimum atomic E-state index is -3.68. The summed E-state index contributed by atoms with van der Waals surface area (Å²) in [5.74, 6) is 2.94. The summed E-state index contributed by atoms with van der Waals surface area (Å²) in [5.41, 5.74) is 0. The summed E-state index contributed by atoms with van der Waals surface area (Å²) in [6, 6.07) is 0. The SMILES string of the molecule is C#CCS(=O)(=O)OCCCCOS(=O)(=O)CC#C. The summed E-state index contributed by atoms with van der Waals surface area (Å²) in [7, 11) is -7.36.